The van der Waals surface area contributed by atoms with Crippen LogP contribution in [0.25, 0.3) is 0 Å². The van der Waals surface area contributed by atoms with Crippen molar-refractivity contribution in [1.82, 2.24) is 0 Å². The topological polar surface area (TPSA) is 51.5 Å². The fourth-order valence-electron chi connectivity index (χ4n) is 1.89. The molecule has 4 nitrogen and oxygen atoms in total. The Morgan fingerprint density at radius 3 is 2.89 bits per heavy atom. The molecular formula is C13H9BrClNO3. The lowest BCUT2D eigenvalue weighted by Crippen LogP contribution is -2.25. The molecule has 1 aromatic heterocycles. The number of amides is 1. The van der Waals surface area contributed by atoms with Crippen LogP contribution in [0.5, 0.6) is 5.75 Å². The van der Waals surface area contributed by atoms with Crippen LogP contribution in [0.15, 0.2) is 39.4 Å². The molecule has 1 N–H and O–H groups in total. The van der Waals surface area contributed by atoms with Gasteiger partial charge in [0, 0.05) is 0 Å². The van der Waals surface area contributed by atoms with Gasteiger partial charge in [-0.1, -0.05) is 6.07 Å². The number of furan rings is 1. The van der Waals surface area contributed by atoms with Gasteiger partial charge in [0.2, 0.25) is 0 Å². The molecule has 1 aromatic carbocycles. The maximum absolute atomic E-state index is 11.3. The monoisotopic (exact) mass is 341 g/mol. The average Bonchev–Trinajstić information content (AvgIpc) is 2.83. The number of nitrogens with one attached hydrogen (secondary N) is 1. The third-order valence-electron chi connectivity index (χ3n) is 2.77. The van der Waals surface area contributed by atoms with Gasteiger partial charge < -0.3 is 14.5 Å². The van der Waals surface area contributed by atoms with E-state index in [1.807, 2.05) is 6.07 Å². The van der Waals surface area contributed by atoms with Crippen LogP contribution in [0.3, 0.4) is 0 Å². The van der Waals surface area contributed by atoms with Crippen molar-refractivity contribution in [1.29, 1.82) is 0 Å². The molecule has 2 heterocycles. The summed E-state index contributed by atoms with van der Waals surface area (Å²) in [5, 5.41) is 2.33. The van der Waals surface area contributed by atoms with E-state index in [1.54, 1.807) is 24.3 Å². The van der Waals surface area contributed by atoms with Crippen LogP contribution in [0.4, 0.5) is 5.69 Å². The third-order valence-corrected chi connectivity index (χ3v) is 3.67. The highest BCUT2D eigenvalue weighted by Crippen LogP contribution is 2.36. The highest BCUT2D eigenvalue weighted by molar-refractivity contribution is 9.10. The van der Waals surface area contributed by atoms with Crippen molar-refractivity contribution < 1.29 is 13.9 Å². The lowest BCUT2D eigenvalue weighted by Gasteiger charge is -2.19. The van der Waals surface area contributed by atoms with Gasteiger partial charge in [0.1, 0.15) is 16.9 Å². The molecule has 1 amide bonds. The van der Waals surface area contributed by atoms with Gasteiger partial charge in [0.05, 0.1) is 5.69 Å². The van der Waals surface area contributed by atoms with Gasteiger partial charge >= 0.3 is 0 Å². The maximum Gasteiger partial charge on any atom is 0.262 e. The van der Waals surface area contributed by atoms with Crippen molar-refractivity contribution in [3.05, 3.63) is 46.3 Å². The van der Waals surface area contributed by atoms with Crippen LogP contribution in [0, 0.1) is 0 Å². The first-order valence-electron chi connectivity index (χ1n) is 5.59. The lowest BCUT2D eigenvalue weighted by molar-refractivity contribution is -0.118. The third kappa shape index (κ3) is 2.48. The standard InChI is InChI=1S/C13H9BrClNO3/c14-11-4-3-10(19-11)13(15)7-1-2-9-8(5-7)16-12(17)6-18-9/h1-5,13H,6H2,(H,16,17). The summed E-state index contributed by atoms with van der Waals surface area (Å²) < 4.78 is 11.4. The smallest absolute Gasteiger partial charge is 0.262 e. The molecule has 3 rings (SSSR count). The van der Waals surface area contributed by atoms with E-state index in [9.17, 15) is 4.79 Å². The van der Waals surface area contributed by atoms with Crippen molar-refractivity contribution in [2.75, 3.05) is 11.9 Å². The van der Waals surface area contributed by atoms with Crippen molar-refractivity contribution >= 4 is 39.1 Å². The first kappa shape index (κ1) is 12.6. The Morgan fingerprint density at radius 1 is 1.32 bits per heavy atom. The van der Waals surface area contributed by atoms with Gasteiger partial charge in [-0.2, -0.15) is 0 Å². The largest absolute Gasteiger partial charge is 0.482 e. The van der Waals surface area contributed by atoms with E-state index in [4.69, 9.17) is 20.8 Å². The average molecular weight is 343 g/mol. The molecule has 2 aromatic rings. The van der Waals surface area contributed by atoms with Gasteiger partial charge in [0.15, 0.2) is 11.3 Å². The molecule has 1 atom stereocenters. The number of anilines is 1. The number of carbonyl (C=O) groups is 1. The molecule has 0 saturated carbocycles. The van der Waals surface area contributed by atoms with E-state index >= 15 is 0 Å². The zero-order valence-corrected chi connectivity index (χ0v) is 12.0. The second kappa shape index (κ2) is 4.90. The Kier molecular flexibility index (Phi) is 3.24. The molecule has 0 radical (unpaired) electrons. The zero-order valence-electron chi connectivity index (χ0n) is 9.65. The highest BCUT2D eigenvalue weighted by atomic mass is 79.9. The minimum absolute atomic E-state index is 0.0434. The van der Waals surface area contributed by atoms with Gasteiger partial charge in [-0.25, -0.2) is 0 Å². The van der Waals surface area contributed by atoms with Gasteiger partial charge in [-0.05, 0) is 45.8 Å². The number of hydrogen-bond donors (Lipinski definition) is 1. The Bertz CT molecular complexity index is 641. The number of carbonyl (C=O) groups excluding carboxylic acids is 1. The number of benzene rings is 1. The number of fused-ring (bicyclic) bond motifs is 1. The fourth-order valence-corrected chi connectivity index (χ4v) is 2.46. The lowest BCUT2D eigenvalue weighted by atomic mass is 10.1. The number of hydrogen-bond acceptors (Lipinski definition) is 3. The summed E-state index contributed by atoms with van der Waals surface area (Å²) in [6.07, 6.45) is 0. The number of rotatable bonds is 2. The quantitative estimate of drug-likeness (QED) is 0.847. The van der Waals surface area contributed by atoms with Crippen LogP contribution < -0.4 is 10.1 Å². The summed E-state index contributed by atoms with van der Waals surface area (Å²) in [6, 6.07) is 9.02. The molecule has 0 aliphatic carbocycles. The van der Waals surface area contributed by atoms with E-state index in [0.717, 1.165) is 5.56 Å². The maximum atomic E-state index is 11.3. The van der Waals surface area contributed by atoms with E-state index in [-0.39, 0.29) is 12.5 Å². The number of halogens is 2. The van der Waals surface area contributed by atoms with Crippen LogP contribution in [0.2, 0.25) is 0 Å². The van der Waals surface area contributed by atoms with Crippen LogP contribution >= 0.6 is 27.5 Å². The normalized spacial score (nSPS) is 15.4. The Labute approximate surface area is 122 Å². The summed E-state index contributed by atoms with van der Waals surface area (Å²) in [7, 11) is 0. The van der Waals surface area contributed by atoms with Gasteiger partial charge in [0.25, 0.3) is 5.91 Å². The molecule has 19 heavy (non-hydrogen) atoms. The first-order valence-corrected chi connectivity index (χ1v) is 6.82. The minimum atomic E-state index is -0.421. The van der Waals surface area contributed by atoms with Crippen LogP contribution in [0.1, 0.15) is 16.7 Å². The summed E-state index contributed by atoms with van der Waals surface area (Å²) >= 11 is 9.59. The predicted molar refractivity (Wildman–Crippen MR) is 74.7 cm³/mol. The molecule has 6 heteroatoms. The Hall–Kier alpha value is -1.46. The molecule has 98 valence electrons. The Morgan fingerprint density at radius 2 is 2.16 bits per heavy atom. The van der Waals surface area contributed by atoms with E-state index in [0.29, 0.717) is 21.9 Å². The second-order valence-electron chi connectivity index (χ2n) is 4.10. The molecule has 0 fully saturated rings. The van der Waals surface area contributed by atoms with Gasteiger partial charge in [-0.15, -0.1) is 11.6 Å². The minimum Gasteiger partial charge on any atom is -0.482 e. The molecular weight excluding hydrogens is 334 g/mol. The van der Waals surface area contributed by atoms with E-state index in [2.05, 4.69) is 21.2 Å². The predicted octanol–water partition coefficient (Wildman–Crippen LogP) is 3.70. The fraction of sp³-hybridized carbons (Fsp3) is 0.154. The highest BCUT2D eigenvalue weighted by Gasteiger charge is 2.20. The number of ether oxygens (including phenoxy) is 1. The number of alkyl halides is 1. The van der Waals surface area contributed by atoms with Crippen molar-refractivity contribution in [2.45, 2.75) is 5.38 Å². The SMILES string of the molecule is O=C1COc2ccc(C(Cl)c3ccc(Br)o3)cc2N1. The van der Waals surface area contributed by atoms with Crippen molar-refractivity contribution in [2.24, 2.45) is 0 Å². The molecule has 0 bridgehead atoms. The van der Waals surface area contributed by atoms with Crippen molar-refractivity contribution in [3.63, 3.8) is 0 Å². The first-order chi connectivity index (χ1) is 9.13. The second-order valence-corrected chi connectivity index (χ2v) is 5.31. The van der Waals surface area contributed by atoms with E-state index < -0.39 is 5.38 Å². The summed E-state index contributed by atoms with van der Waals surface area (Å²) in [5.74, 6) is 1.11. The molecule has 0 spiro atoms. The molecule has 1 aliphatic rings. The zero-order chi connectivity index (χ0) is 13.4. The van der Waals surface area contributed by atoms with Crippen molar-refractivity contribution in [3.8, 4) is 5.75 Å². The molecule has 1 unspecified atom stereocenters. The van der Waals surface area contributed by atoms with E-state index in [1.165, 1.54) is 0 Å². The van der Waals surface area contributed by atoms with Crippen LogP contribution in [-0.4, -0.2) is 12.5 Å². The van der Waals surface area contributed by atoms with Gasteiger partial charge in [-0.3, -0.25) is 4.79 Å². The van der Waals surface area contributed by atoms with Crippen LogP contribution in [-0.2, 0) is 4.79 Å². The molecule has 0 saturated heterocycles. The summed E-state index contributed by atoms with van der Waals surface area (Å²) in [5.41, 5.74) is 1.46. The summed E-state index contributed by atoms with van der Waals surface area (Å²) in [6.45, 7) is 0.0434. The molecule has 1 aliphatic heterocycles. The summed E-state index contributed by atoms with van der Waals surface area (Å²) in [4.78, 5) is 11.3. The Balaban J connectivity index is 1.93.